The Balaban J connectivity index is 2.71. The summed E-state index contributed by atoms with van der Waals surface area (Å²) in [5.74, 6) is -1.93. The van der Waals surface area contributed by atoms with Crippen LogP contribution in [0.4, 0.5) is 19.1 Å². The van der Waals surface area contributed by atoms with Gasteiger partial charge in [0.05, 0.1) is 10.6 Å². The lowest BCUT2D eigenvalue weighted by Gasteiger charge is -2.11. The Labute approximate surface area is 128 Å². The number of hydrogen-bond donors (Lipinski definition) is 1. The number of aromatic nitrogens is 3. The molecule has 1 heterocycles. The molecule has 0 aliphatic heterocycles. The quantitative estimate of drug-likeness (QED) is 0.836. The van der Waals surface area contributed by atoms with E-state index < -0.39 is 27.0 Å². The fourth-order valence-corrected chi connectivity index (χ4v) is 3.13. The lowest BCUT2D eigenvalue weighted by molar-refractivity contribution is -0.144. The fraction of sp³-hybridized carbons (Fsp3) is 0.273. The normalized spacial score (nSPS) is 12.6. The molecule has 0 fully saturated rings. The Morgan fingerprint density at radius 1 is 1.23 bits per heavy atom. The molecule has 22 heavy (non-hydrogen) atoms. The Kier molecular flexibility index (Phi) is 3.86. The second-order valence-corrected chi connectivity index (χ2v) is 7.08. The number of rotatable bonds is 2. The Hall–Kier alpha value is -1.81. The van der Waals surface area contributed by atoms with Gasteiger partial charge in [-0.05, 0) is 31.0 Å². The average molecular weight is 355 g/mol. The number of halogens is 4. The minimum absolute atomic E-state index is 0.0466. The predicted octanol–water partition coefficient (Wildman–Crippen LogP) is 2.41. The number of nitrogen functional groups attached to an aromatic ring is 1. The third-order valence-corrected chi connectivity index (χ3v) is 4.33. The largest absolute Gasteiger partial charge is 0.453 e. The first-order valence-electron chi connectivity index (χ1n) is 5.77. The van der Waals surface area contributed by atoms with E-state index in [1.54, 1.807) is 6.92 Å². The maximum atomic E-state index is 12.6. The van der Waals surface area contributed by atoms with Crippen LogP contribution in [0.3, 0.4) is 0 Å². The summed E-state index contributed by atoms with van der Waals surface area (Å²) in [5.41, 5.74) is 6.31. The van der Waals surface area contributed by atoms with Gasteiger partial charge in [-0.25, -0.2) is 8.42 Å². The molecule has 6 nitrogen and oxygen atoms in total. The summed E-state index contributed by atoms with van der Waals surface area (Å²) < 4.78 is 61.6. The first-order valence-corrected chi connectivity index (χ1v) is 8.08. The van der Waals surface area contributed by atoms with Crippen LogP contribution in [0.25, 0.3) is 5.69 Å². The minimum atomic E-state index is -4.76. The van der Waals surface area contributed by atoms with Gasteiger partial charge in [0.15, 0.2) is 0 Å². The van der Waals surface area contributed by atoms with E-state index in [4.69, 9.17) is 16.4 Å². The van der Waals surface area contributed by atoms with Crippen molar-refractivity contribution in [3.05, 3.63) is 29.1 Å². The maximum absolute atomic E-state index is 12.6. The van der Waals surface area contributed by atoms with Crippen molar-refractivity contribution in [2.24, 2.45) is 0 Å². The molecule has 2 rings (SSSR count). The molecule has 0 saturated carbocycles. The summed E-state index contributed by atoms with van der Waals surface area (Å²) in [6, 6.07) is 2.57. The highest BCUT2D eigenvalue weighted by atomic mass is 35.7. The van der Waals surface area contributed by atoms with E-state index in [1.165, 1.54) is 13.0 Å². The van der Waals surface area contributed by atoms with Crippen molar-refractivity contribution in [3.8, 4) is 5.69 Å². The molecule has 0 amide bonds. The monoisotopic (exact) mass is 354 g/mol. The van der Waals surface area contributed by atoms with Gasteiger partial charge < -0.3 is 5.73 Å². The third-order valence-electron chi connectivity index (χ3n) is 2.87. The molecule has 120 valence electrons. The number of anilines is 1. The Morgan fingerprint density at radius 3 is 2.27 bits per heavy atom. The molecule has 0 radical (unpaired) electrons. The molecule has 1 aromatic carbocycles. The highest BCUT2D eigenvalue weighted by molar-refractivity contribution is 8.13. The van der Waals surface area contributed by atoms with E-state index >= 15 is 0 Å². The zero-order valence-electron chi connectivity index (χ0n) is 11.3. The van der Waals surface area contributed by atoms with E-state index in [2.05, 4.69) is 10.1 Å². The summed E-state index contributed by atoms with van der Waals surface area (Å²) in [7, 11) is 1.24. The molecule has 0 aliphatic carbocycles. The molecule has 1 aromatic heterocycles. The van der Waals surface area contributed by atoms with Crippen LogP contribution in [0.1, 0.15) is 17.0 Å². The molecule has 0 unspecified atom stereocenters. The van der Waals surface area contributed by atoms with Crippen LogP contribution in [0, 0.1) is 13.8 Å². The standard InChI is InChI=1S/C11H10ClF3N4O2S/c1-5-3-6(2)8(22(12,20)21)4-7(5)19-10(16)17-9(18-19)11(13,14)15/h3-4H,1-2H3,(H2,16,17,18). The second kappa shape index (κ2) is 5.13. The van der Waals surface area contributed by atoms with Crippen LogP contribution in [0.2, 0.25) is 0 Å². The van der Waals surface area contributed by atoms with Gasteiger partial charge in [0.1, 0.15) is 0 Å². The fourth-order valence-electron chi connectivity index (χ4n) is 1.93. The number of nitrogens with two attached hydrogens (primary N) is 1. The second-order valence-electron chi connectivity index (χ2n) is 4.55. The van der Waals surface area contributed by atoms with Crippen LogP contribution in [-0.2, 0) is 15.2 Å². The number of nitrogens with zero attached hydrogens (tertiary/aromatic N) is 3. The first-order chi connectivity index (χ1) is 9.91. The van der Waals surface area contributed by atoms with Gasteiger partial charge in [0.2, 0.25) is 5.95 Å². The van der Waals surface area contributed by atoms with Crippen molar-refractivity contribution in [1.82, 2.24) is 14.8 Å². The molecule has 0 spiro atoms. The van der Waals surface area contributed by atoms with Gasteiger partial charge in [-0.1, -0.05) is 6.07 Å². The van der Waals surface area contributed by atoms with Gasteiger partial charge in [-0.15, -0.1) is 5.10 Å². The Morgan fingerprint density at radius 2 is 1.82 bits per heavy atom. The van der Waals surface area contributed by atoms with Crippen molar-refractivity contribution in [1.29, 1.82) is 0 Å². The number of aryl methyl sites for hydroxylation is 2. The maximum Gasteiger partial charge on any atom is 0.453 e. The molecular weight excluding hydrogens is 345 g/mol. The average Bonchev–Trinajstić information content (AvgIpc) is 2.69. The number of hydrogen-bond acceptors (Lipinski definition) is 5. The molecule has 0 atom stereocenters. The highest BCUT2D eigenvalue weighted by Crippen LogP contribution is 2.30. The first kappa shape index (κ1) is 16.6. The van der Waals surface area contributed by atoms with E-state index in [-0.39, 0.29) is 10.6 Å². The van der Waals surface area contributed by atoms with Gasteiger partial charge in [0.25, 0.3) is 14.9 Å². The molecule has 2 aromatic rings. The summed E-state index contributed by atoms with van der Waals surface area (Å²) in [6.45, 7) is 3.08. The molecule has 2 N–H and O–H groups in total. The van der Waals surface area contributed by atoms with E-state index in [0.29, 0.717) is 11.1 Å². The van der Waals surface area contributed by atoms with Crippen LogP contribution in [0.15, 0.2) is 17.0 Å². The van der Waals surface area contributed by atoms with Gasteiger partial charge in [-0.3, -0.25) is 0 Å². The van der Waals surface area contributed by atoms with Crippen LogP contribution in [0.5, 0.6) is 0 Å². The molecule has 0 bridgehead atoms. The van der Waals surface area contributed by atoms with E-state index in [1.807, 2.05) is 0 Å². The lowest BCUT2D eigenvalue weighted by atomic mass is 10.1. The number of alkyl halides is 3. The summed E-state index contributed by atoms with van der Waals surface area (Å²) in [4.78, 5) is 2.90. The van der Waals surface area contributed by atoms with Gasteiger partial charge >= 0.3 is 6.18 Å². The molecular formula is C11H10ClF3N4O2S. The molecule has 0 saturated heterocycles. The van der Waals surface area contributed by atoms with Crippen LogP contribution >= 0.6 is 10.7 Å². The van der Waals surface area contributed by atoms with E-state index in [0.717, 1.165) is 10.7 Å². The van der Waals surface area contributed by atoms with Crippen molar-refractivity contribution >= 4 is 25.7 Å². The topological polar surface area (TPSA) is 90.9 Å². The summed E-state index contributed by atoms with van der Waals surface area (Å²) >= 11 is 0. The highest BCUT2D eigenvalue weighted by Gasteiger charge is 2.37. The lowest BCUT2D eigenvalue weighted by Crippen LogP contribution is -2.09. The van der Waals surface area contributed by atoms with E-state index in [9.17, 15) is 21.6 Å². The number of benzene rings is 1. The summed E-state index contributed by atoms with van der Waals surface area (Å²) in [6.07, 6.45) is -4.76. The van der Waals surface area contributed by atoms with Crippen molar-refractivity contribution < 1.29 is 21.6 Å². The van der Waals surface area contributed by atoms with Crippen LogP contribution in [-0.4, -0.2) is 23.2 Å². The van der Waals surface area contributed by atoms with Crippen molar-refractivity contribution in [2.75, 3.05) is 5.73 Å². The SMILES string of the molecule is Cc1cc(C)c(S(=O)(=O)Cl)cc1-n1nc(C(F)(F)F)nc1N. The van der Waals surface area contributed by atoms with Crippen molar-refractivity contribution in [3.63, 3.8) is 0 Å². The zero-order valence-corrected chi connectivity index (χ0v) is 12.9. The van der Waals surface area contributed by atoms with Crippen molar-refractivity contribution in [2.45, 2.75) is 24.9 Å². The Bertz CT molecular complexity index is 846. The third kappa shape index (κ3) is 3.02. The van der Waals surface area contributed by atoms with Crippen LogP contribution < -0.4 is 5.73 Å². The summed E-state index contributed by atoms with van der Waals surface area (Å²) in [5, 5.41) is 3.28. The predicted molar refractivity (Wildman–Crippen MR) is 73.3 cm³/mol. The van der Waals surface area contributed by atoms with Gasteiger partial charge in [-0.2, -0.15) is 22.8 Å². The minimum Gasteiger partial charge on any atom is -0.368 e. The van der Waals surface area contributed by atoms with Gasteiger partial charge in [0, 0.05) is 10.7 Å². The molecule has 11 heteroatoms. The molecule has 0 aliphatic rings. The smallest absolute Gasteiger partial charge is 0.368 e. The zero-order chi connectivity index (χ0) is 16.9.